The van der Waals surface area contributed by atoms with E-state index in [1.54, 1.807) is 0 Å². The summed E-state index contributed by atoms with van der Waals surface area (Å²) in [6.07, 6.45) is 4.62. The number of anilines is 1. The highest BCUT2D eigenvalue weighted by Gasteiger charge is 2.22. The van der Waals surface area contributed by atoms with Gasteiger partial charge in [0.1, 0.15) is 11.9 Å². The van der Waals surface area contributed by atoms with Crippen molar-refractivity contribution in [1.82, 2.24) is 9.88 Å². The summed E-state index contributed by atoms with van der Waals surface area (Å²) < 4.78 is 0. The van der Waals surface area contributed by atoms with E-state index in [9.17, 15) is 5.26 Å². The van der Waals surface area contributed by atoms with Crippen molar-refractivity contribution in [2.24, 2.45) is 0 Å². The van der Waals surface area contributed by atoms with Crippen LogP contribution in [0.3, 0.4) is 0 Å². The van der Waals surface area contributed by atoms with E-state index in [2.05, 4.69) is 28.9 Å². The molecule has 1 saturated heterocycles. The average molecular weight is 270 g/mol. The van der Waals surface area contributed by atoms with Crippen LogP contribution in [0.15, 0.2) is 6.07 Å². The first-order valence-electron chi connectivity index (χ1n) is 7.72. The molecule has 0 saturated carbocycles. The molecule has 1 fully saturated rings. The fourth-order valence-electron chi connectivity index (χ4n) is 3.22. The summed E-state index contributed by atoms with van der Waals surface area (Å²) in [5.41, 5.74) is 3.28. The number of nitrogens with zero attached hydrogens (tertiary/aromatic N) is 4. The van der Waals surface area contributed by atoms with E-state index in [0.29, 0.717) is 0 Å². The molecule has 0 atom stereocenters. The second-order valence-electron chi connectivity index (χ2n) is 5.71. The van der Waals surface area contributed by atoms with Gasteiger partial charge in [-0.1, -0.05) is 6.92 Å². The van der Waals surface area contributed by atoms with Crippen LogP contribution in [0.4, 0.5) is 5.82 Å². The van der Waals surface area contributed by atoms with Gasteiger partial charge < -0.3 is 9.80 Å². The minimum absolute atomic E-state index is 0.760. The smallest absolute Gasteiger partial charge is 0.146 e. The Bertz CT molecular complexity index is 524. The first kappa shape index (κ1) is 13.4. The van der Waals surface area contributed by atoms with E-state index in [0.717, 1.165) is 56.9 Å². The average Bonchev–Trinajstić information content (AvgIpc) is 2.53. The fourth-order valence-corrected chi connectivity index (χ4v) is 3.22. The van der Waals surface area contributed by atoms with Crippen LogP contribution in [0.25, 0.3) is 0 Å². The normalized spacial score (nSPS) is 19.5. The van der Waals surface area contributed by atoms with Gasteiger partial charge in [-0.15, -0.1) is 0 Å². The van der Waals surface area contributed by atoms with Crippen molar-refractivity contribution in [3.63, 3.8) is 0 Å². The Morgan fingerprint density at radius 2 is 1.95 bits per heavy atom. The maximum atomic E-state index is 9.42. The first-order chi connectivity index (χ1) is 9.81. The lowest BCUT2D eigenvalue weighted by Crippen LogP contribution is -2.46. The van der Waals surface area contributed by atoms with Gasteiger partial charge in [0.2, 0.25) is 0 Å². The van der Waals surface area contributed by atoms with Crippen molar-refractivity contribution in [1.29, 1.82) is 5.26 Å². The highest BCUT2D eigenvalue weighted by atomic mass is 15.3. The van der Waals surface area contributed by atoms with Crippen LogP contribution in [0, 0.1) is 11.3 Å². The lowest BCUT2D eigenvalue weighted by Gasteiger charge is -2.35. The molecule has 2 heterocycles. The van der Waals surface area contributed by atoms with Crippen molar-refractivity contribution in [2.45, 2.75) is 32.6 Å². The molecule has 1 aliphatic carbocycles. The lowest BCUT2D eigenvalue weighted by molar-refractivity contribution is 0.270. The molecule has 4 nitrogen and oxygen atoms in total. The van der Waals surface area contributed by atoms with E-state index in [-0.39, 0.29) is 0 Å². The molecule has 0 N–H and O–H groups in total. The molecule has 1 aliphatic heterocycles. The largest absolute Gasteiger partial charge is 0.353 e. The van der Waals surface area contributed by atoms with Crippen molar-refractivity contribution >= 4 is 5.82 Å². The summed E-state index contributed by atoms with van der Waals surface area (Å²) in [5, 5.41) is 9.42. The van der Waals surface area contributed by atoms with E-state index in [1.165, 1.54) is 24.1 Å². The second kappa shape index (κ2) is 5.80. The number of pyridine rings is 1. The number of aryl methyl sites for hydroxylation is 2. The molecule has 0 unspecified atom stereocenters. The predicted octanol–water partition coefficient (Wildman–Crippen LogP) is 1.97. The van der Waals surface area contributed by atoms with Gasteiger partial charge in [-0.25, -0.2) is 4.98 Å². The minimum atomic E-state index is 0.760. The molecule has 0 amide bonds. The quantitative estimate of drug-likeness (QED) is 0.824. The van der Waals surface area contributed by atoms with Crippen LogP contribution in [0.2, 0.25) is 0 Å². The maximum Gasteiger partial charge on any atom is 0.146 e. The predicted molar refractivity (Wildman–Crippen MR) is 79.9 cm³/mol. The van der Waals surface area contributed by atoms with Crippen LogP contribution in [0.5, 0.6) is 0 Å². The first-order valence-corrected chi connectivity index (χ1v) is 7.72. The number of rotatable bonds is 2. The summed E-state index contributed by atoms with van der Waals surface area (Å²) in [6.45, 7) is 7.41. The van der Waals surface area contributed by atoms with Crippen LogP contribution in [-0.4, -0.2) is 42.6 Å². The fraction of sp³-hybridized carbons (Fsp3) is 0.625. The molecule has 20 heavy (non-hydrogen) atoms. The van der Waals surface area contributed by atoms with Crippen molar-refractivity contribution in [3.05, 3.63) is 22.9 Å². The van der Waals surface area contributed by atoms with Gasteiger partial charge in [-0.05, 0) is 43.9 Å². The summed E-state index contributed by atoms with van der Waals surface area (Å²) in [5.74, 6) is 0.920. The zero-order valence-corrected chi connectivity index (χ0v) is 12.2. The Kier molecular flexibility index (Phi) is 3.88. The van der Waals surface area contributed by atoms with Crippen molar-refractivity contribution < 1.29 is 0 Å². The van der Waals surface area contributed by atoms with Gasteiger partial charge in [0.25, 0.3) is 0 Å². The molecule has 3 rings (SSSR count). The van der Waals surface area contributed by atoms with E-state index in [1.807, 2.05) is 0 Å². The molecule has 0 radical (unpaired) electrons. The van der Waals surface area contributed by atoms with E-state index >= 15 is 0 Å². The highest BCUT2D eigenvalue weighted by molar-refractivity contribution is 5.56. The number of nitriles is 1. The number of hydrogen-bond donors (Lipinski definition) is 0. The number of likely N-dealkylation sites (N-methyl/N-ethyl adjacent to an activating group) is 1. The molecule has 2 aliphatic rings. The summed E-state index contributed by atoms with van der Waals surface area (Å²) >= 11 is 0. The lowest BCUT2D eigenvalue weighted by atomic mass is 9.95. The molecule has 4 heteroatoms. The Balaban J connectivity index is 1.87. The number of aromatic nitrogens is 1. The topological polar surface area (TPSA) is 43.2 Å². The van der Waals surface area contributed by atoms with Gasteiger partial charge in [0, 0.05) is 31.9 Å². The van der Waals surface area contributed by atoms with Crippen LogP contribution in [-0.2, 0) is 12.8 Å². The van der Waals surface area contributed by atoms with Gasteiger partial charge in [0.15, 0.2) is 0 Å². The highest BCUT2D eigenvalue weighted by Crippen LogP contribution is 2.27. The minimum Gasteiger partial charge on any atom is -0.353 e. The third-order valence-corrected chi connectivity index (χ3v) is 4.52. The SMILES string of the molecule is CCN1CCN(c2nc3c(cc2C#N)CCCC3)CC1. The molecule has 106 valence electrons. The molecule has 0 aromatic carbocycles. The zero-order valence-electron chi connectivity index (χ0n) is 12.2. The number of fused-ring (bicyclic) bond motifs is 1. The van der Waals surface area contributed by atoms with Crippen molar-refractivity contribution in [3.8, 4) is 6.07 Å². The third kappa shape index (κ3) is 2.51. The van der Waals surface area contributed by atoms with Gasteiger partial charge in [-0.2, -0.15) is 5.26 Å². The van der Waals surface area contributed by atoms with Gasteiger partial charge in [-0.3, -0.25) is 0 Å². The molecular formula is C16H22N4. The number of hydrogen-bond acceptors (Lipinski definition) is 4. The van der Waals surface area contributed by atoms with E-state index < -0.39 is 0 Å². The van der Waals surface area contributed by atoms with Crippen LogP contribution < -0.4 is 4.90 Å². The third-order valence-electron chi connectivity index (χ3n) is 4.52. The van der Waals surface area contributed by atoms with Crippen LogP contribution in [0.1, 0.15) is 36.6 Å². The van der Waals surface area contributed by atoms with Crippen molar-refractivity contribution in [2.75, 3.05) is 37.6 Å². The summed E-state index contributed by atoms with van der Waals surface area (Å²) in [7, 11) is 0. The molecular weight excluding hydrogens is 248 g/mol. The second-order valence-corrected chi connectivity index (χ2v) is 5.71. The maximum absolute atomic E-state index is 9.42. The Hall–Kier alpha value is -1.60. The monoisotopic (exact) mass is 270 g/mol. The van der Waals surface area contributed by atoms with E-state index in [4.69, 9.17) is 4.98 Å². The zero-order chi connectivity index (χ0) is 13.9. The summed E-state index contributed by atoms with van der Waals surface area (Å²) in [6, 6.07) is 4.44. The summed E-state index contributed by atoms with van der Waals surface area (Å²) in [4.78, 5) is 9.58. The molecule has 1 aromatic heterocycles. The standard InChI is InChI=1S/C16H22N4/c1-2-19-7-9-20(10-8-19)16-14(12-17)11-13-5-3-4-6-15(13)18-16/h11H,2-10H2,1H3. The van der Waals surface area contributed by atoms with Crippen LogP contribution >= 0.6 is 0 Å². The molecule has 0 bridgehead atoms. The number of piperazine rings is 1. The van der Waals surface area contributed by atoms with Gasteiger partial charge in [0.05, 0.1) is 5.56 Å². The molecule has 0 spiro atoms. The Morgan fingerprint density at radius 1 is 1.20 bits per heavy atom. The Labute approximate surface area is 121 Å². The van der Waals surface area contributed by atoms with Gasteiger partial charge >= 0.3 is 0 Å². The molecule has 1 aromatic rings. The Morgan fingerprint density at radius 3 is 2.65 bits per heavy atom.